The van der Waals surface area contributed by atoms with Crippen LogP contribution in [0.1, 0.15) is 5.56 Å². The molecule has 0 saturated carbocycles. The number of hydrazone groups is 1. The van der Waals surface area contributed by atoms with Gasteiger partial charge in [0.25, 0.3) is 15.7 Å². The molecule has 0 aliphatic rings. The summed E-state index contributed by atoms with van der Waals surface area (Å²) in [6.45, 7) is 0. The molecular weight excluding hydrogens is 451 g/mol. The van der Waals surface area contributed by atoms with Crippen LogP contribution in [0.15, 0.2) is 76.7 Å². The van der Waals surface area contributed by atoms with Gasteiger partial charge in [0.2, 0.25) is 0 Å². The molecule has 3 aromatic rings. The quantitative estimate of drug-likeness (QED) is 0.285. The lowest BCUT2D eigenvalue weighted by Crippen LogP contribution is -2.15. The molecule has 0 aliphatic carbocycles. The van der Waals surface area contributed by atoms with Crippen molar-refractivity contribution in [2.75, 3.05) is 10.1 Å². The zero-order valence-corrected chi connectivity index (χ0v) is 17.4. The van der Waals surface area contributed by atoms with Crippen molar-refractivity contribution in [3.63, 3.8) is 0 Å². The number of nitrogens with one attached hydrogen (secondary N) is 2. The van der Waals surface area contributed by atoms with Crippen LogP contribution < -0.4 is 10.1 Å². The Morgan fingerprint density at radius 2 is 1.60 bits per heavy atom. The van der Waals surface area contributed by atoms with Crippen LogP contribution in [-0.2, 0) is 10.0 Å². The van der Waals surface area contributed by atoms with Crippen molar-refractivity contribution < 1.29 is 13.3 Å². The van der Waals surface area contributed by atoms with Crippen molar-refractivity contribution in [2.24, 2.45) is 5.10 Å². The molecule has 0 aromatic heterocycles. The van der Waals surface area contributed by atoms with Gasteiger partial charge in [-0.15, -0.1) is 0 Å². The van der Waals surface area contributed by atoms with Crippen LogP contribution in [0.25, 0.3) is 0 Å². The number of sulfonamides is 1. The first-order valence-corrected chi connectivity index (χ1v) is 10.6. The Morgan fingerprint density at radius 1 is 0.933 bits per heavy atom. The molecule has 0 amide bonds. The van der Waals surface area contributed by atoms with E-state index in [1.807, 2.05) is 0 Å². The van der Waals surface area contributed by atoms with E-state index in [2.05, 4.69) is 15.2 Å². The zero-order chi connectivity index (χ0) is 21.7. The lowest BCUT2D eigenvalue weighted by atomic mass is 10.2. The van der Waals surface area contributed by atoms with Gasteiger partial charge in [-0.05, 0) is 24.3 Å². The fourth-order valence-corrected chi connectivity index (χ4v) is 4.11. The van der Waals surface area contributed by atoms with Crippen LogP contribution in [0, 0.1) is 10.1 Å². The Morgan fingerprint density at radius 3 is 2.27 bits per heavy atom. The standard InChI is InChI=1S/C19H14Cl2N4O4S/c20-15-6-2-1-5-13(15)12-22-23-18-10-9-14(25(26)27)11-19(18)30(28,29)24-17-8-4-3-7-16(17)21/h1-12,23-24H/b22-12+. The highest BCUT2D eigenvalue weighted by atomic mass is 35.5. The summed E-state index contributed by atoms with van der Waals surface area (Å²) in [6, 6.07) is 16.5. The van der Waals surface area contributed by atoms with Crippen LogP contribution in [0.2, 0.25) is 10.0 Å². The molecule has 3 rings (SSSR count). The predicted molar refractivity (Wildman–Crippen MR) is 118 cm³/mol. The van der Waals surface area contributed by atoms with Crippen molar-refractivity contribution in [2.45, 2.75) is 4.90 Å². The summed E-state index contributed by atoms with van der Waals surface area (Å²) in [6.07, 6.45) is 1.40. The summed E-state index contributed by atoms with van der Waals surface area (Å²) in [5.74, 6) is 0. The van der Waals surface area contributed by atoms with E-state index in [0.29, 0.717) is 10.6 Å². The topological polar surface area (TPSA) is 114 Å². The van der Waals surface area contributed by atoms with Gasteiger partial charge in [0.05, 0.1) is 27.5 Å². The van der Waals surface area contributed by atoms with E-state index in [4.69, 9.17) is 23.2 Å². The number of non-ortho nitro benzene ring substituents is 1. The van der Waals surface area contributed by atoms with Gasteiger partial charge in [-0.25, -0.2) is 8.42 Å². The summed E-state index contributed by atoms with van der Waals surface area (Å²) in [5.41, 5.74) is 2.97. The summed E-state index contributed by atoms with van der Waals surface area (Å²) in [4.78, 5) is 10.1. The minimum atomic E-state index is -4.23. The van der Waals surface area contributed by atoms with Gasteiger partial charge < -0.3 is 0 Å². The van der Waals surface area contributed by atoms with E-state index in [1.165, 1.54) is 30.5 Å². The highest BCUT2D eigenvalue weighted by Gasteiger charge is 2.23. The molecule has 0 fully saturated rings. The van der Waals surface area contributed by atoms with E-state index in [-0.39, 0.29) is 21.3 Å². The number of anilines is 2. The number of nitro groups is 1. The molecular formula is C19H14Cl2N4O4S. The van der Waals surface area contributed by atoms with Gasteiger partial charge >= 0.3 is 0 Å². The number of nitro benzene ring substituents is 1. The van der Waals surface area contributed by atoms with E-state index in [9.17, 15) is 18.5 Å². The first-order valence-electron chi connectivity index (χ1n) is 8.37. The largest absolute Gasteiger partial charge is 0.278 e. The average molecular weight is 465 g/mol. The smallest absolute Gasteiger partial charge is 0.270 e. The second-order valence-corrected chi connectivity index (χ2v) is 8.38. The number of para-hydroxylation sites is 1. The zero-order valence-electron chi connectivity index (χ0n) is 15.1. The van der Waals surface area contributed by atoms with Crippen molar-refractivity contribution in [3.05, 3.63) is 92.5 Å². The van der Waals surface area contributed by atoms with Crippen LogP contribution >= 0.6 is 23.2 Å². The molecule has 0 atom stereocenters. The summed E-state index contributed by atoms with van der Waals surface area (Å²) < 4.78 is 28.2. The Bertz CT molecular complexity index is 1230. The number of halogens is 2. The highest BCUT2D eigenvalue weighted by molar-refractivity contribution is 7.93. The molecule has 0 spiro atoms. The molecule has 0 bridgehead atoms. The van der Waals surface area contributed by atoms with E-state index in [1.54, 1.807) is 36.4 Å². The van der Waals surface area contributed by atoms with Crippen molar-refractivity contribution in [1.29, 1.82) is 0 Å². The second-order valence-electron chi connectivity index (χ2n) is 5.91. The Hall–Kier alpha value is -3.14. The summed E-state index contributed by atoms with van der Waals surface area (Å²) in [7, 11) is -4.23. The SMILES string of the molecule is O=[N+]([O-])c1ccc(N/N=C/c2ccccc2Cl)c(S(=O)(=O)Nc2ccccc2Cl)c1. The third kappa shape index (κ3) is 5.07. The van der Waals surface area contributed by atoms with Gasteiger partial charge in [0.15, 0.2) is 0 Å². The third-order valence-electron chi connectivity index (χ3n) is 3.88. The molecule has 0 unspecified atom stereocenters. The van der Waals surface area contributed by atoms with Crippen LogP contribution in [0.4, 0.5) is 17.1 Å². The van der Waals surface area contributed by atoms with Crippen LogP contribution in [0.3, 0.4) is 0 Å². The number of rotatable bonds is 7. The Labute approximate surface area is 182 Å². The maximum atomic E-state index is 12.9. The molecule has 0 heterocycles. The minimum Gasteiger partial charge on any atom is -0.278 e. The lowest BCUT2D eigenvalue weighted by Gasteiger charge is -2.13. The fourth-order valence-electron chi connectivity index (χ4n) is 2.43. The second kappa shape index (κ2) is 9.12. The van der Waals surface area contributed by atoms with Crippen molar-refractivity contribution in [1.82, 2.24) is 0 Å². The van der Waals surface area contributed by atoms with Gasteiger partial charge in [0, 0.05) is 22.7 Å². The maximum absolute atomic E-state index is 12.9. The molecule has 0 aliphatic heterocycles. The molecule has 154 valence electrons. The molecule has 8 nitrogen and oxygen atoms in total. The third-order valence-corrected chi connectivity index (χ3v) is 5.96. The molecule has 2 N–H and O–H groups in total. The van der Waals surface area contributed by atoms with E-state index in [0.717, 1.165) is 6.07 Å². The molecule has 30 heavy (non-hydrogen) atoms. The van der Waals surface area contributed by atoms with Crippen molar-refractivity contribution in [3.8, 4) is 0 Å². The van der Waals surface area contributed by atoms with Gasteiger partial charge in [-0.1, -0.05) is 53.5 Å². The monoisotopic (exact) mass is 464 g/mol. The highest BCUT2D eigenvalue weighted by Crippen LogP contribution is 2.30. The van der Waals surface area contributed by atoms with Gasteiger partial charge in [0.1, 0.15) is 4.90 Å². The molecule has 0 radical (unpaired) electrons. The number of benzene rings is 3. The van der Waals surface area contributed by atoms with Crippen molar-refractivity contribution >= 4 is 56.5 Å². The number of hydrogen-bond acceptors (Lipinski definition) is 6. The van der Waals surface area contributed by atoms with Crippen LogP contribution in [0.5, 0.6) is 0 Å². The van der Waals surface area contributed by atoms with Gasteiger partial charge in [-0.2, -0.15) is 5.10 Å². The van der Waals surface area contributed by atoms with Crippen LogP contribution in [-0.4, -0.2) is 19.6 Å². The number of hydrogen-bond donors (Lipinski definition) is 2. The lowest BCUT2D eigenvalue weighted by molar-refractivity contribution is -0.385. The summed E-state index contributed by atoms with van der Waals surface area (Å²) in [5, 5.41) is 15.8. The summed E-state index contributed by atoms with van der Waals surface area (Å²) >= 11 is 12.1. The molecule has 11 heteroatoms. The van der Waals surface area contributed by atoms with E-state index >= 15 is 0 Å². The number of nitrogens with zero attached hydrogens (tertiary/aromatic N) is 2. The maximum Gasteiger partial charge on any atom is 0.270 e. The minimum absolute atomic E-state index is 0.0310. The molecule has 3 aromatic carbocycles. The van der Waals surface area contributed by atoms with Gasteiger partial charge in [-0.3, -0.25) is 20.3 Å². The van der Waals surface area contributed by atoms with E-state index < -0.39 is 20.6 Å². The first kappa shape index (κ1) is 21.6. The average Bonchev–Trinajstić information content (AvgIpc) is 2.71. The Balaban J connectivity index is 1.97. The fraction of sp³-hybridized carbons (Fsp3) is 0. The molecule has 0 saturated heterocycles. The first-order chi connectivity index (χ1) is 14.3. The predicted octanol–water partition coefficient (Wildman–Crippen LogP) is 5.15. The Kier molecular flexibility index (Phi) is 6.56. The normalized spacial score (nSPS) is 11.4.